The van der Waals surface area contributed by atoms with Gasteiger partial charge in [-0.3, -0.25) is 4.79 Å². The van der Waals surface area contributed by atoms with Crippen LogP contribution < -0.4 is 5.32 Å². The molecule has 2 aromatic rings. The molecule has 36 heavy (non-hydrogen) atoms. The van der Waals surface area contributed by atoms with Crippen molar-refractivity contribution in [2.75, 3.05) is 13.1 Å². The normalized spacial score (nSPS) is 22.2. The smallest absolute Gasteiger partial charge is 0.222 e. The van der Waals surface area contributed by atoms with Crippen LogP contribution in [0.1, 0.15) is 124 Å². The van der Waals surface area contributed by atoms with Gasteiger partial charge in [-0.15, -0.1) is 22.7 Å². The van der Waals surface area contributed by atoms with Gasteiger partial charge in [0.05, 0.1) is 23.1 Å². The van der Waals surface area contributed by atoms with Gasteiger partial charge in [-0.1, -0.05) is 52.4 Å². The molecule has 0 radical (unpaired) electrons. The molecule has 2 aromatic heterocycles. The number of rotatable bonds is 8. The Labute approximate surface area is 225 Å². The van der Waals surface area contributed by atoms with E-state index in [4.69, 9.17) is 9.97 Å². The molecule has 2 saturated carbocycles. The van der Waals surface area contributed by atoms with Gasteiger partial charge in [-0.05, 0) is 25.7 Å². The zero-order chi connectivity index (χ0) is 25.0. The van der Waals surface area contributed by atoms with E-state index < -0.39 is 0 Å². The van der Waals surface area contributed by atoms with Crippen molar-refractivity contribution in [1.29, 1.82) is 0 Å². The molecule has 1 N–H and O–H groups in total. The second kappa shape index (κ2) is 12.0. The van der Waals surface area contributed by atoms with Crippen molar-refractivity contribution in [3.05, 3.63) is 32.2 Å². The first-order valence-electron chi connectivity index (χ1n) is 14.5. The summed E-state index contributed by atoms with van der Waals surface area (Å²) in [6.07, 6.45) is 15.5. The molecule has 0 bridgehead atoms. The van der Waals surface area contributed by atoms with Crippen LogP contribution in [0.15, 0.2) is 10.8 Å². The molecule has 1 saturated heterocycles. The number of nitrogens with one attached hydrogen (secondary N) is 1. The van der Waals surface area contributed by atoms with Crippen LogP contribution in [0, 0.1) is 5.92 Å². The fourth-order valence-electron chi connectivity index (χ4n) is 6.55. The van der Waals surface area contributed by atoms with Gasteiger partial charge >= 0.3 is 0 Å². The lowest BCUT2D eigenvalue weighted by Gasteiger charge is -2.43. The van der Waals surface area contributed by atoms with Crippen molar-refractivity contribution < 1.29 is 9.28 Å². The molecule has 3 aliphatic rings. The largest absolute Gasteiger partial charge is 0.353 e. The molecule has 2 aliphatic carbocycles. The van der Waals surface area contributed by atoms with Gasteiger partial charge in [0.15, 0.2) is 0 Å². The predicted octanol–water partition coefficient (Wildman–Crippen LogP) is 7.15. The lowest BCUT2D eigenvalue weighted by molar-refractivity contribution is -0.958. The summed E-state index contributed by atoms with van der Waals surface area (Å²) in [5.74, 6) is 1.60. The number of amides is 1. The second-order valence-electron chi connectivity index (χ2n) is 12.1. The fraction of sp³-hybridized carbons (Fsp3) is 0.759. The molecule has 1 aliphatic heterocycles. The third-order valence-corrected chi connectivity index (χ3v) is 10.9. The van der Waals surface area contributed by atoms with Gasteiger partial charge < -0.3 is 9.80 Å². The maximum atomic E-state index is 12.3. The number of carbonyl (C=O) groups is 1. The molecule has 0 unspecified atom stereocenters. The first-order valence-corrected chi connectivity index (χ1v) is 16.3. The Kier molecular flexibility index (Phi) is 8.79. The molecule has 5 nitrogen and oxygen atoms in total. The standard InChI is InChI=1S/C29H44N4OS2/c1-21(2)27(34)30-24-13-15-33(16-14-24,17-25-19-35-28(31-25)22-9-5-3-6-10-22)18-26-20-36-29(32-26)23-11-7-4-8-12-23/h19-24H,3-18H2,1-2H3/p+1. The number of hydrogen-bond acceptors (Lipinski definition) is 5. The number of carbonyl (C=O) groups excluding carboxylic acids is 1. The zero-order valence-electron chi connectivity index (χ0n) is 22.3. The van der Waals surface area contributed by atoms with Crippen molar-refractivity contribution >= 4 is 28.6 Å². The van der Waals surface area contributed by atoms with E-state index in [2.05, 4.69) is 16.1 Å². The Balaban J connectivity index is 1.30. The van der Waals surface area contributed by atoms with Gasteiger partial charge in [0.2, 0.25) is 5.91 Å². The number of nitrogens with zero attached hydrogens (tertiary/aromatic N) is 3. The summed E-state index contributed by atoms with van der Waals surface area (Å²) < 4.78 is 1.02. The van der Waals surface area contributed by atoms with E-state index in [-0.39, 0.29) is 11.8 Å². The van der Waals surface area contributed by atoms with Crippen LogP contribution in [0.5, 0.6) is 0 Å². The van der Waals surface area contributed by atoms with Gasteiger partial charge in [0.1, 0.15) is 24.5 Å². The third kappa shape index (κ3) is 6.57. The quantitative estimate of drug-likeness (QED) is 0.370. The maximum Gasteiger partial charge on any atom is 0.222 e. The molecule has 5 rings (SSSR count). The lowest BCUT2D eigenvalue weighted by Crippen LogP contribution is -2.55. The summed E-state index contributed by atoms with van der Waals surface area (Å²) in [7, 11) is 0. The summed E-state index contributed by atoms with van der Waals surface area (Å²) in [4.78, 5) is 22.7. The van der Waals surface area contributed by atoms with E-state index in [0.717, 1.165) is 43.5 Å². The first kappa shape index (κ1) is 26.3. The minimum Gasteiger partial charge on any atom is -0.353 e. The van der Waals surface area contributed by atoms with Crippen LogP contribution in [0.3, 0.4) is 0 Å². The predicted molar refractivity (Wildman–Crippen MR) is 149 cm³/mol. The van der Waals surface area contributed by atoms with Crippen molar-refractivity contribution in [3.8, 4) is 0 Å². The Morgan fingerprint density at radius 2 is 1.31 bits per heavy atom. The highest BCUT2D eigenvalue weighted by Crippen LogP contribution is 2.37. The maximum absolute atomic E-state index is 12.3. The van der Waals surface area contributed by atoms with E-state index in [1.54, 1.807) is 0 Å². The number of hydrogen-bond donors (Lipinski definition) is 1. The van der Waals surface area contributed by atoms with Crippen LogP contribution in [-0.4, -0.2) is 39.5 Å². The van der Waals surface area contributed by atoms with Crippen molar-refractivity contribution in [2.24, 2.45) is 5.92 Å². The molecule has 198 valence electrons. The van der Waals surface area contributed by atoms with Crippen LogP contribution in [-0.2, 0) is 17.9 Å². The van der Waals surface area contributed by atoms with E-state index >= 15 is 0 Å². The second-order valence-corrected chi connectivity index (χ2v) is 13.8. The minimum atomic E-state index is 0.0487. The number of quaternary nitrogens is 1. The Hall–Kier alpha value is -1.31. The van der Waals surface area contributed by atoms with Crippen LogP contribution >= 0.6 is 22.7 Å². The summed E-state index contributed by atoms with van der Waals surface area (Å²) >= 11 is 3.79. The van der Waals surface area contributed by atoms with E-state index in [0.29, 0.717) is 17.9 Å². The average Bonchev–Trinajstić information content (AvgIpc) is 3.56. The summed E-state index contributed by atoms with van der Waals surface area (Å²) in [6.45, 7) is 8.10. The van der Waals surface area contributed by atoms with Gasteiger partial charge in [0.25, 0.3) is 0 Å². The number of likely N-dealkylation sites (tertiary alicyclic amines) is 1. The van der Waals surface area contributed by atoms with Crippen LogP contribution in [0.4, 0.5) is 0 Å². The Morgan fingerprint density at radius 1 is 0.833 bits per heavy atom. The van der Waals surface area contributed by atoms with E-state index in [9.17, 15) is 4.79 Å². The van der Waals surface area contributed by atoms with Crippen molar-refractivity contribution in [2.45, 2.75) is 122 Å². The summed E-state index contributed by atoms with van der Waals surface area (Å²) in [5.41, 5.74) is 2.54. The molecule has 3 heterocycles. The van der Waals surface area contributed by atoms with Crippen molar-refractivity contribution in [1.82, 2.24) is 15.3 Å². The monoisotopic (exact) mass is 529 g/mol. The lowest BCUT2D eigenvalue weighted by atomic mass is 9.90. The van der Waals surface area contributed by atoms with Crippen LogP contribution in [0.25, 0.3) is 0 Å². The van der Waals surface area contributed by atoms with Gasteiger partial charge in [-0.2, -0.15) is 0 Å². The molecule has 1 amide bonds. The van der Waals surface area contributed by atoms with Gasteiger partial charge in [-0.25, -0.2) is 9.97 Å². The summed E-state index contributed by atoms with van der Waals surface area (Å²) in [5, 5.41) is 10.7. The Bertz CT molecular complexity index is 919. The molecule has 0 atom stereocenters. The highest BCUT2D eigenvalue weighted by atomic mass is 32.1. The Morgan fingerprint density at radius 3 is 1.75 bits per heavy atom. The average molecular weight is 530 g/mol. The number of thiazole rings is 2. The molecular weight excluding hydrogens is 484 g/mol. The van der Waals surface area contributed by atoms with Crippen LogP contribution in [0.2, 0.25) is 0 Å². The first-order chi connectivity index (χ1) is 17.5. The molecule has 3 fully saturated rings. The number of piperidine rings is 1. The molecule has 7 heteroatoms. The SMILES string of the molecule is CC(C)C(=O)NC1CC[N+](Cc2csc(C3CCCCC3)n2)(Cc2csc(C3CCCCC3)n2)CC1. The minimum absolute atomic E-state index is 0.0487. The summed E-state index contributed by atoms with van der Waals surface area (Å²) in [6, 6.07) is 0.299. The molecule has 0 aromatic carbocycles. The fourth-order valence-corrected chi connectivity index (χ4v) is 8.52. The number of aromatic nitrogens is 2. The highest BCUT2D eigenvalue weighted by molar-refractivity contribution is 7.10. The van der Waals surface area contributed by atoms with Crippen molar-refractivity contribution in [3.63, 3.8) is 0 Å². The van der Waals surface area contributed by atoms with E-state index in [1.807, 2.05) is 36.5 Å². The third-order valence-electron chi connectivity index (χ3n) is 8.82. The highest BCUT2D eigenvalue weighted by Gasteiger charge is 2.37. The zero-order valence-corrected chi connectivity index (χ0v) is 24.0. The topological polar surface area (TPSA) is 54.9 Å². The molecular formula is C29H45N4OS2+. The molecule has 0 spiro atoms. The van der Waals surface area contributed by atoms with Gasteiger partial charge in [0, 0.05) is 47.4 Å². The van der Waals surface area contributed by atoms with E-state index in [1.165, 1.54) is 85.6 Å².